The van der Waals surface area contributed by atoms with Crippen LogP contribution in [0.15, 0.2) is 0 Å². The van der Waals surface area contributed by atoms with E-state index in [9.17, 15) is 0 Å². The van der Waals surface area contributed by atoms with E-state index < -0.39 is 0 Å². The van der Waals surface area contributed by atoms with Crippen LogP contribution in [0, 0.1) is 11.8 Å². The van der Waals surface area contributed by atoms with Crippen LogP contribution >= 0.6 is 0 Å². The quantitative estimate of drug-likeness (QED) is 0.659. The van der Waals surface area contributed by atoms with Crippen molar-refractivity contribution in [2.24, 2.45) is 17.6 Å². The number of nitrogens with zero attached hydrogens (tertiary/aromatic N) is 1. The van der Waals surface area contributed by atoms with E-state index in [1.165, 1.54) is 6.42 Å². The van der Waals surface area contributed by atoms with E-state index in [4.69, 9.17) is 5.73 Å². The summed E-state index contributed by atoms with van der Waals surface area (Å²) in [5.74, 6) is 1.44. The van der Waals surface area contributed by atoms with E-state index in [2.05, 4.69) is 32.7 Å². The molecule has 12 heavy (non-hydrogen) atoms. The zero-order valence-corrected chi connectivity index (χ0v) is 9.01. The highest BCUT2D eigenvalue weighted by atomic mass is 15.1. The van der Waals surface area contributed by atoms with Crippen LogP contribution in [0.4, 0.5) is 0 Å². The summed E-state index contributed by atoms with van der Waals surface area (Å²) in [6.07, 6.45) is 1.25. The van der Waals surface area contributed by atoms with Crippen molar-refractivity contribution in [3.8, 4) is 0 Å². The Bertz CT molecular complexity index is 102. The number of hydrogen-bond donors (Lipinski definition) is 1. The minimum absolute atomic E-state index is 0.676. The second kappa shape index (κ2) is 6.44. The minimum Gasteiger partial charge on any atom is -0.330 e. The Kier molecular flexibility index (Phi) is 6.39. The fourth-order valence-electron chi connectivity index (χ4n) is 1.48. The smallest absolute Gasteiger partial charge is 0.00186 e. The molecule has 0 saturated heterocycles. The largest absolute Gasteiger partial charge is 0.330 e. The standard InChI is InChI=1S/C10H24N2/c1-5-12(4)8-10(7-11)6-9(2)3/h9-10H,5-8,11H2,1-4H3. The van der Waals surface area contributed by atoms with Crippen molar-refractivity contribution in [1.82, 2.24) is 4.90 Å². The van der Waals surface area contributed by atoms with Crippen molar-refractivity contribution < 1.29 is 0 Å². The molecule has 0 aliphatic heterocycles. The summed E-state index contributed by atoms with van der Waals surface area (Å²) in [4.78, 5) is 2.33. The molecule has 74 valence electrons. The maximum absolute atomic E-state index is 5.70. The van der Waals surface area contributed by atoms with Gasteiger partial charge in [-0.1, -0.05) is 20.8 Å². The van der Waals surface area contributed by atoms with Crippen LogP contribution < -0.4 is 5.73 Å². The van der Waals surface area contributed by atoms with Gasteiger partial charge in [0.1, 0.15) is 0 Å². The Labute approximate surface area is 77.1 Å². The van der Waals surface area contributed by atoms with E-state index in [1.54, 1.807) is 0 Å². The zero-order valence-electron chi connectivity index (χ0n) is 9.01. The first kappa shape index (κ1) is 11.9. The monoisotopic (exact) mass is 172 g/mol. The summed E-state index contributed by atoms with van der Waals surface area (Å²) in [6.45, 7) is 9.79. The third-order valence-corrected chi connectivity index (χ3v) is 2.25. The van der Waals surface area contributed by atoms with Gasteiger partial charge in [0.25, 0.3) is 0 Å². The Morgan fingerprint density at radius 3 is 2.25 bits per heavy atom. The lowest BCUT2D eigenvalue weighted by molar-refractivity contribution is 0.266. The molecule has 0 aromatic rings. The van der Waals surface area contributed by atoms with Gasteiger partial charge >= 0.3 is 0 Å². The first-order chi connectivity index (χ1) is 5.60. The molecule has 0 aromatic heterocycles. The van der Waals surface area contributed by atoms with Crippen molar-refractivity contribution >= 4 is 0 Å². The molecule has 1 atom stereocenters. The van der Waals surface area contributed by atoms with Crippen LogP contribution in [-0.2, 0) is 0 Å². The van der Waals surface area contributed by atoms with Crippen molar-refractivity contribution in [2.45, 2.75) is 27.2 Å². The molecule has 2 nitrogen and oxygen atoms in total. The maximum Gasteiger partial charge on any atom is 0.00186 e. The SMILES string of the molecule is CCN(C)CC(CN)CC(C)C. The van der Waals surface area contributed by atoms with E-state index in [1.807, 2.05) is 0 Å². The Balaban J connectivity index is 3.66. The first-order valence-corrected chi connectivity index (χ1v) is 4.98. The molecule has 0 heterocycles. The normalized spacial score (nSPS) is 14.2. The third kappa shape index (κ3) is 5.56. The van der Waals surface area contributed by atoms with Crippen LogP contribution in [0.2, 0.25) is 0 Å². The van der Waals surface area contributed by atoms with Gasteiger partial charge in [-0.25, -0.2) is 0 Å². The summed E-state index contributed by atoms with van der Waals surface area (Å²) in [6, 6.07) is 0. The second-order valence-electron chi connectivity index (χ2n) is 4.09. The van der Waals surface area contributed by atoms with Crippen molar-refractivity contribution in [3.05, 3.63) is 0 Å². The summed E-state index contributed by atoms with van der Waals surface area (Å²) >= 11 is 0. The molecule has 0 aliphatic carbocycles. The predicted molar refractivity (Wildman–Crippen MR) is 55.2 cm³/mol. The average molecular weight is 172 g/mol. The zero-order chi connectivity index (χ0) is 9.56. The summed E-state index contributed by atoms with van der Waals surface area (Å²) in [7, 11) is 2.16. The topological polar surface area (TPSA) is 29.3 Å². The molecule has 0 spiro atoms. The van der Waals surface area contributed by atoms with Gasteiger partial charge in [0.05, 0.1) is 0 Å². The molecular formula is C10H24N2. The molecule has 1 unspecified atom stereocenters. The first-order valence-electron chi connectivity index (χ1n) is 4.98. The van der Waals surface area contributed by atoms with Gasteiger partial charge in [0, 0.05) is 6.54 Å². The van der Waals surface area contributed by atoms with Gasteiger partial charge in [-0.2, -0.15) is 0 Å². The van der Waals surface area contributed by atoms with E-state index in [0.717, 1.165) is 25.6 Å². The molecule has 0 amide bonds. The molecule has 2 N–H and O–H groups in total. The van der Waals surface area contributed by atoms with Crippen LogP contribution in [0.1, 0.15) is 27.2 Å². The van der Waals surface area contributed by atoms with Gasteiger partial charge in [-0.05, 0) is 38.4 Å². The van der Waals surface area contributed by atoms with Gasteiger partial charge in [0.2, 0.25) is 0 Å². The number of hydrogen-bond acceptors (Lipinski definition) is 2. The molecule has 0 fully saturated rings. The van der Waals surface area contributed by atoms with Gasteiger partial charge in [-0.3, -0.25) is 0 Å². The van der Waals surface area contributed by atoms with Gasteiger partial charge in [0.15, 0.2) is 0 Å². The van der Waals surface area contributed by atoms with Crippen molar-refractivity contribution in [3.63, 3.8) is 0 Å². The highest BCUT2D eigenvalue weighted by Crippen LogP contribution is 2.11. The fraction of sp³-hybridized carbons (Fsp3) is 1.00. The van der Waals surface area contributed by atoms with Crippen molar-refractivity contribution in [1.29, 1.82) is 0 Å². The van der Waals surface area contributed by atoms with Gasteiger partial charge < -0.3 is 10.6 Å². The lowest BCUT2D eigenvalue weighted by Crippen LogP contribution is -2.30. The number of nitrogens with two attached hydrogens (primary N) is 1. The van der Waals surface area contributed by atoms with Crippen LogP contribution in [0.5, 0.6) is 0 Å². The molecule has 0 aromatic carbocycles. The lowest BCUT2D eigenvalue weighted by Gasteiger charge is -2.22. The number of rotatable bonds is 6. The predicted octanol–water partition coefficient (Wildman–Crippen LogP) is 1.56. The molecule has 0 saturated carbocycles. The molecule has 0 aliphatic rings. The van der Waals surface area contributed by atoms with E-state index in [-0.39, 0.29) is 0 Å². The molecule has 0 rings (SSSR count). The second-order valence-corrected chi connectivity index (χ2v) is 4.09. The van der Waals surface area contributed by atoms with E-state index in [0.29, 0.717) is 5.92 Å². The highest BCUT2D eigenvalue weighted by molar-refractivity contribution is 4.65. The summed E-state index contributed by atoms with van der Waals surface area (Å²) in [5, 5.41) is 0. The molecule has 0 bridgehead atoms. The summed E-state index contributed by atoms with van der Waals surface area (Å²) < 4.78 is 0. The molecule has 2 heteroatoms. The Morgan fingerprint density at radius 2 is 1.92 bits per heavy atom. The lowest BCUT2D eigenvalue weighted by atomic mass is 9.97. The Morgan fingerprint density at radius 1 is 1.33 bits per heavy atom. The van der Waals surface area contributed by atoms with Gasteiger partial charge in [-0.15, -0.1) is 0 Å². The highest BCUT2D eigenvalue weighted by Gasteiger charge is 2.10. The Hall–Kier alpha value is -0.0800. The van der Waals surface area contributed by atoms with E-state index >= 15 is 0 Å². The van der Waals surface area contributed by atoms with Crippen LogP contribution in [0.25, 0.3) is 0 Å². The van der Waals surface area contributed by atoms with Crippen LogP contribution in [-0.4, -0.2) is 31.6 Å². The van der Waals surface area contributed by atoms with Crippen molar-refractivity contribution in [2.75, 3.05) is 26.7 Å². The fourth-order valence-corrected chi connectivity index (χ4v) is 1.48. The third-order valence-electron chi connectivity index (χ3n) is 2.25. The minimum atomic E-state index is 0.676. The maximum atomic E-state index is 5.70. The average Bonchev–Trinajstić information content (AvgIpc) is 2.02. The molecule has 0 radical (unpaired) electrons. The molecular weight excluding hydrogens is 148 g/mol. The van der Waals surface area contributed by atoms with Crippen LogP contribution in [0.3, 0.4) is 0 Å². The summed E-state index contributed by atoms with van der Waals surface area (Å²) in [5.41, 5.74) is 5.70.